The number of carbonyl (C=O) groups excluding carboxylic acids is 2. The van der Waals surface area contributed by atoms with Gasteiger partial charge in [0.25, 0.3) is 5.91 Å². The van der Waals surface area contributed by atoms with E-state index in [4.69, 9.17) is 4.74 Å². The Labute approximate surface area is 187 Å². The molecule has 7 nitrogen and oxygen atoms in total. The highest BCUT2D eigenvalue weighted by molar-refractivity contribution is 5.95. The molecule has 0 aliphatic heterocycles. The maximum atomic E-state index is 12.9. The predicted octanol–water partition coefficient (Wildman–Crippen LogP) is 3.12. The third-order valence-corrected chi connectivity index (χ3v) is 5.88. The third kappa shape index (κ3) is 4.66. The van der Waals surface area contributed by atoms with E-state index in [9.17, 15) is 9.59 Å². The van der Waals surface area contributed by atoms with Gasteiger partial charge in [-0.15, -0.1) is 0 Å². The Balaban J connectivity index is 1.40. The number of benzene rings is 2. The number of fused-ring (bicyclic) bond motifs is 1. The molecule has 0 bridgehead atoms. The molecular formula is C25H28N4O3. The molecule has 4 rings (SSSR count). The number of anilines is 1. The van der Waals surface area contributed by atoms with Gasteiger partial charge < -0.3 is 19.7 Å². The molecule has 0 saturated carbocycles. The molecule has 0 saturated heterocycles. The van der Waals surface area contributed by atoms with Crippen LogP contribution in [0.1, 0.15) is 39.6 Å². The normalized spacial score (nSPS) is 16.0. The number of ether oxygens (including phenoxy) is 1. The summed E-state index contributed by atoms with van der Waals surface area (Å²) in [6, 6.07) is 17.2. The average Bonchev–Trinajstić information content (AvgIpc) is 3.25. The number of nitrogens with one attached hydrogen (secondary N) is 2. The zero-order valence-electron chi connectivity index (χ0n) is 18.4. The number of nitrogens with zero attached hydrogens (tertiary/aromatic N) is 2. The van der Waals surface area contributed by atoms with Crippen molar-refractivity contribution in [1.82, 2.24) is 15.5 Å². The van der Waals surface area contributed by atoms with Crippen molar-refractivity contribution < 1.29 is 14.3 Å². The third-order valence-electron chi connectivity index (χ3n) is 5.88. The Morgan fingerprint density at radius 2 is 1.97 bits per heavy atom. The van der Waals surface area contributed by atoms with Crippen molar-refractivity contribution in [1.29, 1.82) is 0 Å². The summed E-state index contributed by atoms with van der Waals surface area (Å²) in [5.74, 6) is 0.706. The number of amides is 1. The number of rotatable bonds is 8. The number of hydrogen-bond acceptors (Lipinski definition) is 5. The molecule has 0 radical (unpaired) electrons. The van der Waals surface area contributed by atoms with Crippen LogP contribution in [0, 0.1) is 0 Å². The first-order valence-corrected chi connectivity index (χ1v) is 10.8. The summed E-state index contributed by atoms with van der Waals surface area (Å²) >= 11 is 0. The number of aromatic amines is 1. The SMILES string of the molecule is CN(C)c1ccccc1OCC(C=O)NC(=O)c1n[nH]c2c1CCC(c1ccccc1)C2. The van der Waals surface area contributed by atoms with Crippen LogP contribution in [0.5, 0.6) is 5.75 Å². The van der Waals surface area contributed by atoms with E-state index in [1.54, 1.807) is 0 Å². The zero-order chi connectivity index (χ0) is 22.5. The van der Waals surface area contributed by atoms with Crippen LogP contribution in [-0.2, 0) is 17.6 Å². The summed E-state index contributed by atoms with van der Waals surface area (Å²) in [6.45, 7) is 0.0444. The lowest BCUT2D eigenvalue weighted by molar-refractivity contribution is -0.110. The van der Waals surface area contributed by atoms with Crippen molar-refractivity contribution >= 4 is 17.9 Å². The van der Waals surface area contributed by atoms with Crippen molar-refractivity contribution in [3.8, 4) is 5.75 Å². The van der Waals surface area contributed by atoms with Gasteiger partial charge in [-0.05, 0) is 42.9 Å². The van der Waals surface area contributed by atoms with Gasteiger partial charge in [-0.1, -0.05) is 42.5 Å². The summed E-state index contributed by atoms with van der Waals surface area (Å²) in [6.07, 6.45) is 3.24. The molecule has 1 amide bonds. The number of aromatic nitrogens is 2. The number of aldehydes is 1. The Morgan fingerprint density at radius 3 is 2.72 bits per heavy atom. The minimum atomic E-state index is -0.772. The van der Waals surface area contributed by atoms with E-state index in [1.165, 1.54) is 5.56 Å². The lowest BCUT2D eigenvalue weighted by Crippen LogP contribution is -2.41. The summed E-state index contributed by atoms with van der Waals surface area (Å²) < 4.78 is 5.83. The van der Waals surface area contributed by atoms with Gasteiger partial charge in [0.15, 0.2) is 5.69 Å². The highest BCUT2D eigenvalue weighted by Gasteiger charge is 2.28. The van der Waals surface area contributed by atoms with Gasteiger partial charge in [0.1, 0.15) is 24.7 Å². The highest BCUT2D eigenvalue weighted by atomic mass is 16.5. The number of para-hydroxylation sites is 2. The lowest BCUT2D eigenvalue weighted by atomic mass is 9.82. The summed E-state index contributed by atoms with van der Waals surface area (Å²) in [5, 5.41) is 10.1. The van der Waals surface area contributed by atoms with E-state index in [2.05, 4.69) is 39.8 Å². The zero-order valence-corrected chi connectivity index (χ0v) is 18.4. The topological polar surface area (TPSA) is 87.3 Å². The van der Waals surface area contributed by atoms with Crippen LogP contribution >= 0.6 is 0 Å². The smallest absolute Gasteiger partial charge is 0.272 e. The fourth-order valence-corrected chi connectivity index (χ4v) is 4.18. The molecule has 2 N–H and O–H groups in total. The van der Waals surface area contributed by atoms with Gasteiger partial charge in [0.2, 0.25) is 0 Å². The Hall–Kier alpha value is -3.61. The summed E-state index contributed by atoms with van der Waals surface area (Å²) in [7, 11) is 3.84. The van der Waals surface area contributed by atoms with Crippen LogP contribution in [-0.4, -0.2) is 49.1 Å². The van der Waals surface area contributed by atoms with Gasteiger partial charge in [-0.2, -0.15) is 5.10 Å². The molecule has 1 aliphatic carbocycles. The minimum absolute atomic E-state index is 0.0444. The monoisotopic (exact) mass is 432 g/mol. The molecule has 1 heterocycles. The number of hydrogen-bond donors (Lipinski definition) is 2. The fraction of sp³-hybridized carbons (Fsp3) is 0.320. The second-order valence-electron chi connectivity index (χ2n) is 8.27. The molecule has 166 valence electrons. The first-order valence-electron chi connectivity index (χ1n) is 10.8. The molecule has 2 atom stereocenters. The quantitative estimate of drug-likeness (QED) is 0.534. The molecule has 0 spiro atoms. The second-order valence-corrected chi connectivity index (χ2v) is 8.27. The van der Waals surface area contributed by atoms with Crippen LogP contribution < -0.4 is 15.0 Å². The molecule has 2 unspecified atom stereocenters. The van der Waals surface area contributed by atoms with E-state index in [0.29, 0.717) is 23.6 Å². The second kappa shape index (κ2) is 9.68. The van der Waals surface area contributed by atoms with Crippen LogP contribution in [0.2, 0.25) is 0 Å². The molecular weight excluding hydrogens is 404 g/mol. The summed E-state index contributed by atoms with van der Waals surface area (Å²) in [5.41, 5.74) is 4.51. The average molecular weight is 433 g/mol. The van der Waals surface area contributed by atoms with Crippen molar-refractivity contribution in [2.24, 2.45) is 0 Å². The predicted molar refractivity (Wildman–Crippen MR) is 123 cm³/mol. The molecule has 7 heteroatoms. The van der Waals surface area contributed by atoms with Crippen LogP contribution in [0.3, 0.4) is 0 Å². The Kier molecular flexibility index (Phi) is 6.54. The van der Waals surface area contributed by atoms with Gasteiger partial charge in [0.05, 0.1) is 5.69 Å². The molecule has 1 aliphatic rings. The van der Waals surface area contributed by atoms with E-state index in [1.807, 2.05) is 49.3 Å². The maximum absolute atomic E-state index is 12.9. The van der Waals surface area contributed by atoms with Gasteiger partial charge >= 0.3 is 0 Å². The molecule has 3 aromatic rings. The first kappa shape index (κ1) is 21.6. The van der Waals surface area contributed by atoms with Gasteiger partial charge in [-0.3, -0.25) is 9.89 Å². The van der Waals surface area contributed by atoms with Gasteiger partial charge in [-0.25, -0.2) is 0 Å². The van der Waals surface area contributed by atoms with Crippen molar-refractivity contribution in [3.63, 3.8) is 0 Å². The van der Waals surface area contributed by atoms with Crippen LogP contribution in [0.25, 0.3) is 0 Å². The van der Waals surface area contributed by atoms with E-state index in [0.717, 1.165) is 36.2 Å². The number of H-pyrrole nitrogens is 1. The Morgan fingerprint density at radius 1 is 1.22 bits per heavy atom. The number of carbonyl (C=O) groups is 2. The van der Waals surface area contributed by atoms with Crippen molar-refractivity contribution in [2.75, 3.05) is 25.6 Å². The van der Waals surface area contributed by atoms with Crippen LogP contribution in [0.4, 0.5) is 5.69 Å². The van der Waals surface area contributed by atoms with E-state index < -0.39 is 6.04 Å². The lowest BCUT2D eigenvalue weighted by Gasteiger charge is -2.22. The molecule has 1 aromatic heterocycles. The largest absolute Gasteiger partial charge is 0.489 e. The minimum Gasteiger partial charge on any atom is -0.489 e. The van der Waals surface area contributed by atoms with Crippen molar-refractivity contribution in [2.45, 2.75) is 31.2 Å². The van der Waals surface area contributed by atoms with E-state index >= 15 is 0 Å². The van der Waals surface area contributed by atoms with Crippen molar-refractivity contribution in [3.05, 3.63) is 77.1 Å². The first-order chi connectivity index (χ1) is 15.6. The maximum Gasteiger partial charge on any atom is 0.272 e. The molecule has 2 aromatic carbocycles. The molecule has 0 fully saturated rings. The van der Waals surface area contributed by atoms with Gasteiger partial charge in [0, 0.05) is 25.4 Å². The molecule has 32 heavy (non-hydrogen) atoms. The van der Waals surface area contributed by atoms with E-state index in [-0.39, 0.29) is 12.5 Å². The summed E-state index contributed by atoms with van der Waals surface area (Å²) in [4.78, 5) is 26.4. The standard InChI is InChI=1S/C25H28N4O3/c1-29(2)22-10-6-7-11-23(22)32-16-19(15-30)26-25(31)24-20-13-12-18(14-21(20)27-28-24)17-8-4-3-5-9-17/h3-11,15,18-19H,12-14,16H2,1-2H3,(H,26,31)(H,27,28). The van der Waals surface area contributed by atoms with Crippen LogP contribution in [0.15, 0.2) is 54.6 Å². The Bertz CT molecular complexity index is 1080. The highest BCUT2D eigenvalue weighted by Crippen LogP contribution is 2.33. The fourth-order valence-electron chi connectivity index (χ4n) is 4.18.